The third-order valence-corrected chi connectivity index (χ3v) is 8.01. The molecule has 1 fully saturated rings. The van der Waals surface area contributed by atoms with Crippen molar-refractivity contribution in [2.45, 2.75) is 29.8 Å². The molecule has 2 atom stereocenters. The number of methoxy groups -OCH3 is 1. The predicted octanol–water partition coefficient (Wildman–Crippen LogP) is 1.73. The van der Waals surface area contributed by atoms with E-state index in [1.54, 1.807) is 25.1 Å². The van der Waals surface area contributed by atoms with E-state index in [4.69, 9.17) is 22.1 Å². The largest absolute Gasteiger partial charge is 0.467 e. The molecule has 3 heterocycles. The number of pyridine rings is 2. The summed E-state index contributed by atoms with van der Waals surface area (Å²) in [5, 5.41) is 1.16. The maximum Gasteiger partial charge on any atom is 0.328 e. The van der Waals surface area contributed by atoms with Gasteiger partial charge >= 0.3 is 5.97 Å². The van der Waals surface area contributed by atoms with E-state index < -0.39 is 39.8 Å². The number of carbonyl (C=O) groups excluding carboxylic acids is 2. The lowest BCUT2D eigenvalue weighted by Crippen LogP contribution is -2.48. The van der Waals surface area contributed by atoms with Crippen molar-refractivity contribution < 1.29 is 27.1 Å². The standard InChI is InChI=1S/C24H26ClFN6O5S/c1-31(2)22-17(25)10-15(12-29-22)38(35,36)30-19-5-7-32(23(19)33)20(24(34)37-3)9-14-8-13-4-6-28-21(27)16(13)11-18(14)26/h4,6,8,10-12,19-20,30H,5,7,9H2,1-3H3,(H2,27,28). The molecule has 3 aromatic rings. The second-order valence-corrected chi connectivity index (χ2v) is 11.1. The van der Waals surface area contributed by atoms with E-state index >= 15 is 0 Å². The molecule has 11 nitrogen and oxygen atoms in total. The van der Waals surface area contributed by atoms with Gasteiger partial charge in [0, 0.05) is 44.8 Å². The molecule has 14 heteroatoms. The molecule has 1 aromatic carbocycles. The van der Waals surface area contributed by atoms with Gasteiger partial charge in [0.2, 0.25) is 15.9 Å². The van der Waals surface area contributed by atoms with Crippen molar-refractivity contribution in [2.24, 2.45) is 0 Å². The van der Waals surface area contributed by atoms with Crippen LogP contribution in [0, 0.1) is 5.82 Å². The topological polar surface area (TPSA) is 148 Å². The zero-order chi connectivity index (χ0) is 27.8. The van der Waals surface area contributed by atoms with Crippen LogP contribution >= 0.6 is 11.6 Å². The van der Waals surface area contributed by atoms with Gasteiger partial charge < -0.3 is 20.3 Å². The average molecular weight is 565 g/mol. The number of ether oxygens (including phenoxy) is 1. The fourth-order valence-electron chi connectivity index (χ4n) is 4.35. The van der Waals surface area contributed by atoms with E-state index in [0.717, 1.165) is 13.3 Å². The second kappa shape index (κ2) is 10.7. The predicted molar refractivity (Wildman–Crippen MR) is 140 cm³/mol. The molecule has 2 unspecified atom stereocenters. The van der Waals surface area contributed by atoms with Crippen LogP contribution in [0.4, 0.5) is 16.0 Å². The lowest BCUT2D eigenvalue weighted by molar-refractivity contribution is -0.151. The lowest BCUT2D eigenvalue weighted by atomic mass is 10.0. The number of sulfonamides is 1. The van der Waals surface area contributed by atoms with E-state index in [1.807, 2.05) is 0 Å². The quantitative estimate of drug-likeness (QED) is 0.390. The second-order valence-electron chi connectivity index (χ2n) is 8.97. The maximum atomic E-state index is 15.0. The first-order valence-corrected chi connectivity index (χ1v) is 13.3. The molecule has 0 radical (unpaired) electrons. The zero-order valence-electron chi connectivity index (χ0n) is 20.8. The van der Waals surface area contributed by atoms with E-state index in [9.17, 15) is 22.4 Å². The summed E-state index contributed by atoms with van der Waals surface area (Å²) in [4.78, 5) is 36.6. The minimum absolute atomic E-state index is 0.0520. The van der Waals surface area contributed by atoms with E-state index in [0.29, 0.717) is 16.6 Å². The number of nitrogens with one attached hydrogen (secondary N) is 1. The van der Waals surface area contributed by atoms with Crippen LogP contribution in [0.2, 0.25) is 5.02 Å². The van der Waals surface area contributed by atoms with Gasteiger partial charge in [-0.25, -0.2) is 27.6 Å². The number of hydrogen-bond donors (Lipinski definition) is 2. The van der Waals surface area contributed by atoms with Gasteiger partial charge in [-0.2, -0.15) is 4.72 Å². The van der Waals surface area contributed by atoms with Gasteiger partial charge in [0.15, 0.2) is 0 Å². The van der Waals surface area contributed by atoms with Crippen molar-refractivity contribution in [3.63, 3.8) is 0 Å². The third-order valence-electron chi connectivity index (χ3n) is 6.29. The van der Waals surface area contributed by atoms with Crippen LogP contribution in [0.15, 0.2) is 41.6 Å². The van der Waals surface area contributed by atoms with Crippen molar-refractivity contribution in [2.75, 3.05) is 38.4 Å². The van der Waals surface area contributed by atoms with Crippen LogP contribution in [-0.2, 0) is 30.8 Å². The number of halogens is 2. The molecule has 1 aliphatic rings. The van der Waals surface area contributed by atoms with Crippen LogP contribution in [0.3, 0.4) is 0 Å². The monoisotopic (exact) mass is 564 g/mol. The van der Waals surface area contributed by atoms with E-state index in [-0.39, 0.29) is 40.7 Å². The van der Waals surface area contributed by atoms with Gasteiger partial charge in [-0.05, 0) is 41.6 Å². The van der Waals surface area contributed by atoms with Crippen molar-refractivity contribution >= 4 is 55.9 Å². The fourth-order valence-corrected chi connectivity index (χ4v) is 5.94. The number of fused-ring (bicyclic) bond motifs is 1. The summed E-state index contributed by atoms with van der Waals surface area (Å²) < 4.78 is 48.2. The molecule has 1 amide bonds. The molecule has 0 saturated carbocycles. The number of aromatic nitrogens is 2. The minimum atomic E-state index is -4.17. The van der Waals surface area contributed by atoms with Gasteiger partial charge in [0.1, 0.15) is 34.4 Å². The maximum absolute atomic E-state index is 15.0. The molecule has 4 rings (SSSR count). The SMILES string of the molecule is COC(=O)C(Cc1cc2ccnc(N)c2cc1F)N1CCC(NS(=O)(=O)c2cnc(N(C)C)c(Cl)c2)C1=O. The number of likely N-dealkylation sites (tertiary alicyclic amines) is 1. The molecule has 2 aromatic heterocycles. The highest BCUT2D eigenvalue weighted by Crippen LogP contribution is 2.27. The summed E-state index contributed by atoms with van der Waals surface area (Å²) in [6, 6.07) is 3.33. The molecule has 202 valence electrons. The average Bonchev–Trinajstić information content (AvgIpc) is 3.21. The molecular formula is C24H26ClFN6O5S. The van der Waals surface area contributed by atoms with Gasteiger partial charge in [0.05, 0.1) is 12.1 Å². The minimum Gasteiger partial charge on any atom is -0.467 e. The number of nitrogen functional groups attached to an aromatic ring is 1. The first-order valence-electron chi connectivity index (χ1n) is 11.5. The molecule has 0 bridgehead atoms. The Morgan fingerprint density at radius 1 is 1.34 bits per heavy atom. The van der Waals surface area contributed by atoms with Crippen LogP contribution in [0.25, 0.3) is 10.8 Å². The van der Waals surface area contributed by atoms with Gasteiger partial charge in [-0.15, -0.1) is 0 Å². The van der Waals surface area contributed by atoms with Gasteiger partial charge in [-0.1, -0.05) is 11.6 Å². The van der Waals surface area contributed by atoms with Crippen LogP contribution in [0.5, 0.6) is 0 Å². The lowest BCUT2D eigenvalue weighted by Gasteiger charge is -2.26. The highest BCUT2D eigenvalue weighted by atomic mass is 35.5. The summed E-state index contributed by atoms with van der Waals surface area (Å²) in [5.41, 5.74) is 5.99. The number of benzene rings is 1. The molecule has 3 N–H and O–H groups in total. The number of rotatable bonds is 8. The summed E-state index contributed by atoms with van der Waals surface area (Å²) in [6.45, 7) is 0.0520. The number of carbonyl (C=O) groups is 2. The number of nitrogens with zero attached hydrogens (tertiary/aromatic N) is 4. The van der Waals surface area contributed by atoms with E-state index in [1.165, 1.54) is 29.3 Å². The van der Waals surface area contributed by atoms with Crippen molar-refractivity contribution in [3.05, 3.63) is 53.1 Å². The van der Waals surface area contributed by atoms with Crippen LogP contribution < -0.4 is 15.4 Å². The molecule has 1 saturated heterocycles. The summed E-state index contributed by atoms with van der Waals surface area (Å²) in [6.07, 6.45) is 2.52. The Labute approximate surface area is 223 Å². The smallest absolute Gasteiger partial charge is 0.328 e. The number of hydrogen-bond acceptors (Lipinski definition) is 9. The molecule has 0 aliphatic carbocycles. The third kappa shape index (κ3) is 5.35. The normalized spacial score (nSPS) is 16.6. The highest BCUT2D eigenvalue weighted by molar-refractivity contribution is 7.89. The Hall–Kier alpha value is -3.55. The Morgan fingerprint density at radius 2 is 2.08 bits per heavy atom. The number of nitrogens with two attached hydrogens (primary N) is 1. The Morgan fingerprint density at radius 3 is 2.74 bits per heavy atom. The first kappa shape index (κ1) is 27.5. The highest BCUT2D eigenvalue weighted by Gasteiger charge is 2.41. The fraction of sp³-hybridized carbons (Fsp3) is 0.333. The van der Waals surface area contributed by atoms with Gasteiger partial charge in [0.25, 0.3) is 0 Å². The number of amides is 1. The Bertz CT molecular complexity index is 1520. The Kier molecular flexibility index (Phi) is 7.72. The summed E-state index contributed by atoms with van der Waals surface area (Å²) in [7, 11) is 0.410. The van der Waals surface area contributed by atoms with E-state index in [2.05, 4.69) is 14.7 Å². The summed E-state index contributed by atoms with van der Waals surface area (Å²) >= 11 is 6.16. The first-order chi connectivity index (χ1) is 17.9. The number of esters is 1. The molecule has 38 heavy (non-hydrogen) atoms. The Balaban J connectivity index is 1.56. The van der Waals surface area contributed by atoms with Crippen molar-refractivity contribution in [1.82, 2.24) is 19.6 Å². The van der Waals surface area contributed by atoms with Crippen LogP contribution in [-0.4, -0.2) is 75.0 Å². The van der Waals surface area contributed by atoms with Crippen molar-refractivity contribution in [3.8, 4) is 0 Å². The van der Waals surface area contributed by atoms with Gasteiger partial charge in [-0.3, -0.25) is 4.79 Å². The summed E-state index contributed by atoms with van der Waals surface area (Å²) in [5.74, 6) is -1.47. The molecular weight excluding hydrogens is 539 g/mol. The van der Waals surface area contributed by atoms with Crippen molar-refractivity contribution in [1.29, 1.82) is 0 Å². The molecule has 1 aliphatic heterocycles. The molecule has 0 spiro atoms. The zero-order valence-corrected chi connectivity index (χ0v) is 22.4. The number of anilines is 2. The van der Waals surface area contributed by atoms with Crippen LogP contribution in [0.1, 0.15) is 12.0 Å².